The number of nitrogens with one attached hydrogen (secondary N) is 3. The number of benzene rings is 2. The summed E-state index contributed by atoms with van der Waals surface area (Å²) in [5.41, 5.74) is 2.00. The molecule has 0 aliphatic carbocycles. The normalized spacial score (nSPS) is 10.4. The van der Waals surface area contributed by atoms with Gasteiger partial charge in [-0.1, -0.05) is 0 Å². The van der Waals surface area contributed by atoms with Gasteiger partial charge in [-0.05, 0) is 42.5 Å². The fourth-order valence-corrected chi connectivity index (χ4v) is 1.84. The molecule has 5 nitrogen and oxygen atoms in total. The van der Waals surface area contributed by atoms with Gasteiger partial charge >= 0.3 is 6.03 Å². The second kappa shape index (κ2) is 5.00. The molecule has 100 valence electrons. The summed E-state index contributed by atoms with van der Waals surface area (Å²) in [5, 5.41) is 13.0. The van der Waals surface area contributed by atoms with E-state index >= 15 is 0 Å². The zero-order valence-corrected chi connectivity index (χ0v) is 10.4. The molecule has 2 amide bonds. The number of H-pyrrole nitrogens is 1. The van der Waals surface area contributed by atoms with E-state index in [4.69, 9.17) is 0 Å². The lowest BCUT2D eigenvalue weighted by atomic mass is 10.2. The van der Waals surface area contributed by atoms with Crippen LogP contribution in [-0.4, -0.2) is 16.2 Å². The van der Waals surface area contributed by atoms with Gasteiger partial charge in [-0.3, -0.25) is 5.10 Å². The zero-order chi connectivity index (χ0) is 13.9. The Morgan fingerprint density at radius 3 is 2.55 bits per heavy atom. The Kier molecular flexibility index (Phi) is 3.04. The molecule has 3 rings (SSSR count). The first kappa shape index (κ1) is 12.2. The van der Waals surface area contributed by atoms with Gasteiger partial charge < -0.3 is 10.6 Å². The lowest BCUT2D eigenvalue weighted by molar-refractivity contribution is 0.262. The minimum Gasteiger partial charge on any atom is -0.308 e. The van der Waals surface area contributed by atoms with Gasteiger partial charge in [0.05, 0.1) is 11.7 Å². The fraction of sp³-hybridized carbons (Fsp3) is 0. The summed E-state index contributed by atoms with van der Waals surface area (Å²) in [6.45, 7) is 0. The molecule has 0 unspecified atom stereocenters. The third kappa shape index (κ3) is 2.59. The number of aromatic nitrogens is 2. The molecule has 0 atom stereocenters. The molecule has 6 heteroatoms. The van der Waals surface area contributed by atoms with E-state index in [0.717, 1.165) is 10.9 Å². The molecule has 2 aromatic carbocycles. The Morgan fingerprint density at radius 1 is 1.05 bits per heavy atom. The first-order chi connectivity index (χ1) is 9.70. The van der Waals surface area contributed by atoms with Crippen molar-refractivity contribution in [1.29, 1.82) is 0 Å². The Labute approximate surface area is 113 Å². The monoisotopic (exact) mass is 270 g/mol. The molecule has 0 bridgehead atoms. The molecule has 0 aliphatic rings. The highest BCUT2D eigenvalue weighted by atomic mass is 19.1. The maximum absolute atomic E-state index is 12.8. The van der Waals surface area contributed by atoms with Crippen LogP contribution in [0.1, 0.15) is 0 Å². The van der Waals surface area contributed by atoms with Crippen LogP contribution in [0.4, 0.5) is 20.6 Å². The highest BCUT2D eigenvalue weighted by Gasteiger charge is 2.04. The number of urea groups is 1. The standard InChI is InChI=1S/C14H11FN4O/c15-10-2-5-11(6-3-10)17-14(20)18-12-4-1-9-8-16-19-13(9)7-12/h1-8H,(H,16,19)(H2,17,18,20). The quantitative estimate of drug-likeness (QED) is 0.668. The second-order valence-corrected chi connectivity index (χ2v) is 4.26. The van der Waals surface area contributed by atoms with E-state index in [1.807, 2.05) is 6.07 Å². The maximum Gasteiger partial charge on any atom is 0.323 e. The van der Waals surface area contributed by atoms with Gasteiger partial charge in [-0.2, -0.15) is 5.10 Å². The van der Waals surface area contributed by atoms with Crippen molar-refractivity contribution in [2.45, 2.75) is 0 Å². The van der Waals surface area contributed by atoms with Crippen molar-refractivity contribution in [3.8, 4) is 0 Å². The van der Waals surface area contributed by atoms with Crippen molar-refractivity contribution in [1.82, 2.24) is 10.2 Å². The molecule has 1 aromatic heterocycles. The molecular weight excluding hydrogens is 259 g/mol. The van der Waals surface area contributed by atoms with Crippen molar-refractivity contribution >= 4 is 28.3 Å². The van der Waals surface area contributed by atoms with Crippen LogP contribution < -0.4 is 10.6 Å². The van der Waals surface area contributed by atoms with Crippen molar-refractivity contribution < 1.29 is 9.18 Å². The summed E-state index contributed by atoms with van der Waals surface area (Å²) in [7, 11) is 0. The lowest BCUT2D eigenvalue weighted by Crippen LogP contribution is -2.19. The Hall–Kier alpha value is -2.89. The minimum atomic E-state index is -0.393. The maximum atomic E-state index is 12.8. The van der Waals surface area contributed by atoms with E-state index in [0.29, 0.717) is 11.4 Å². The van der Waals surface area contributed by atoms with Crippen molar-refractivity contribution in [3.63, 3.8) is 0 Å². The van der Waals surface area contributed by atoms with Gasteiger partial charge in [-0.25, -0.2) is 9.18 Å². The number of nitrogens with zero attached hydrogens (tertiary/aromatic N) is 1. The van der Waals surface area contributed by atoms with Crippen molar-refractivity contribution in [2.24, 2.45) is 0 Å². The summed E-state index contributed by atoms with van der Waals surface area (Å²) in [6, 6.07) is 10.6. The van der Waals surface area contributed by atoms with Crippen LogP contribution in [0.2, 0.25) is 0 Å². The van der Waals surface area contributed by atoms with Crippen LogP contribution in [0.5, 0.6) is 0 Å². The van der Waals surface area contributed by atoms with E-state index in [1.165, 1.54) is 24.3 Å². The van der Waals surface area contributed by atoms with E-state index in [1.54, 1.807) is 18.3 Å². The average Bonchev–Trinajstić information content (AvgIpc) is 2.89. The minimum absolute atomic E-state index is 0.347. The van der Waals surface area contributed by atoms with Crippen LogP contribution in [0.15, 0.2) is 48.7 Å². The second-order valence-electron chi connectivity index (χ2n) is 4.26. The molecule has 3 aromatic rings. The summed E-state index contributed by atoms with van der Waals surface area (Å²) in [4.78, 5) is 11.8. The highest BCUT2D eigenvalue weighted by molar-refractivity contribution is 6.00. The lowest BCUT2D eigenvalue weighted by Gasteiger charge is -2.07. The molecule has 0 saturated carbocycles. The first-order valence-corrected chi connectivity index (χ1v) is 5.97. The largest absolute Gasteiger partial charge is 0.323 e. The van der Waals surface area contributed by atoms with E-state index in [-0.39, 0.29) is 5.82 Å². The summed E-state index contributed by atoms with van der Waals surface area (Å²) in [6.07, 6.45) is 1.71. The Bertz CT molecular complexity index is 751. The molecular formula is C14H11FN4O. The number of aromatic amines is 1. The van der Waals surface area contributed by atoms with E-state index in [9.17, 15) is 9.18 Å². The van der Waals surface area contributed by atoms with E-state index in [2.05, 4.69) is 20.8 Å². The van der Waals surface area contributed by atoms with Crippen LogP contribution in [0, 0.1) is 5.82 Å². The zero-order valence-electron chi connectivity index (χ0n) is 10.4. The number of hydrogen-bond donors (Lipinski definition) is 3. The molecule has 20 heavy (non-hydrogen) atoms. The molecule has 0 aliphatic heterocycles. The van der Waals surface area contributed by atoms with Crippen LogP contribution >= 0.6 is 0 Å². The molecule has 0 radical (unpaired) electrons. The van der Waals surface area contributed by atoms with Gasteiger partial charge in [0, 0.05) is 16.8 Å². The number of amides is 2. The van der Waals surface area contributed by atoms with Gasteiger partial charge in [0.15, 0.2) is 0 Å². The Balaban J connectivity index is 1.70. The first-order valence-electron chi connectivity index (χ1n) is 5.97. The number of halogens is 1. The number of hydrogen-bond acceptors (Lipinski definition) is 2. The number of fused-ring (bicyclic) bond motifs is 1. The molecule has 0 saturated heterocycles. The summed E-state index contributed by atoms with van der Waals surface area (Å²) >= 11 is 0. The number of rotatable bonds is 2. The SMILES string of the molecule is O=C(Nc1ccc(F)cc1)Nc1ccc2cn[nH]c2c1. The summed E-state index contributed by atoms with van der Waals surface area (Å²) < 4.78 is 12.8. The van der Waals surface area contributed by atoms with Crippen LogP contribution in [0.25, 0.3) is 10.9 Å². The molecule has 0 fully saturated rings. The number of carbonyl (C=O) groups is 1. The predicted octanol–water partition coefficient (Wildman–Crippen LogP) is 3.35. The smallest absolute Gasteiger partial charge is 0.308 e. The highest BCUT2D eigenvalue weighted by Crippen LogP contribution is 2.17. The third-order valence-electron chi connectivity index (χ3n) is 2.80. The van der Waals surface area contributed by atoms with Crippen molar-refractivity contribution in [3.05, 3.63) is 54.5 Å². The van der Waals surface area contributed by atoms with Gasteiger partial charge in [0.2, 0.25) is 0 Å². The van der Waals surface area contributed by atoms with Crippen LogP contribution in [-0.2, 0) is 0 Å². The Morgan fingerprint density at radius 2 is 1.75 bits per heavy atom. The van der Waals surface area contributed by atoms with E-state index < -0.39 is 6.03 Å². The molecule has 0 spiro atoms. The number of anilines is 2. The molecule has 3 N–H and O–H groups in total. The van der Waals surface area contributed by atoms with Gasteiger partial charge in [-0.15, -0.1) is 0 Å². The predicted molar refractivity (Wildman–Crippen MR) is 75.1 cm³/mol. The topological polar surface area (TPSA) is 69.8 Å². The third-order valence-corrected chi connectivity index (χ3v) is 2.80. The average molecular weight is 270 g/mol. The van der Waals surface area contributed by atoms with Crippen molar-refractivity contribution in [2.75, 3.05) is 10.6 Å². The van der Waals surface area contributed by atoms with Gasteiger partial charge in [0.25, 0.3) is 0 Å². The van der Waals surface area contributed by atoms with Crippen LogP contribution in [0.3, 0.4) is 0 Å². The summed E-state index contributed by atoms with van der Waals surface area (Å²) in [5.74, 6) is -0.347. The fourth-order valence-electron chi connectivity index (χ4n) is 1.84. The van der Waals surface area contributed by atoms with Gasteiger partial charge in [0.1, 0.15) is 5.82 Å². The molecule has 1 heterocycles. The number of carbonyl (C=O) groups excluding carboxylic acids is 1.